The van der Waals surface area contributed by atoms with Crippen LogP contribution in [-0.4, -0.2) is 15.1 Å². The molecule has 0 fully saturated rings. The minimum Gasteiger partial charge on any atom is -0.397 e. The molecular formula is C18H16N4OS. The summed E-state index contributed by atoms with van der Waals surface area (Å²) in [5.41, 5.74) is 10.2. The first-order chi connectivity index (χ1) is 11.6. The zero-order chi connectivity index (χ0) is 16.7. The lowest BCUT2D eigenvalue weighted by Gasteiger charge is -1.99. The average molecular weight is 336 g/mol. The number of fused-ring (bicyclic) bond motifs is 1. The summed E-state index contributed by atoms with van der Waals surface area (Å²) in [5, 5.41) is 5.06. The maximum atomic E-state index is 6.33. The number of hydrogen-bond acceptors (Lipinski definition) is 6. The molecule has 120 valence electrons. The average Bonchev–Trinajstić information content (AvgIpc) is 3.13. The van der Waals surface area contributed by atoms with Gasteiger partial charge in [-0.1, -0.05) is 35.5 Å². The van der Waals surface area contributed by atoms with Gasteiger partial charge in [-0.15, -0.1) is 11.3 Å². The molecule has 0 saturated carbocycles. The summed E-state index contributed by atoms with van der Waals surface area (Å²) in [6.07, 6.45) is 0.630. The highest BCUT2D eigenvalue weighted by molar-refractivity contribution is 7.22. The summed E-state index contributed by atoms with van der Waals surface area (Å²) in [6, 6.07) is 12.1. The van der Waals surface area contributed by atoms with E-state index in [-0.39, 0.29) is 0 Å². The summed E-state index contributed by atoms with van der Waals surface area (Å²) in [6.45, 7) is 4.02. The Bertz CT molecular complexity index is 1020. The van der Waals surface area contributed by atoms with Gasteiger partial charge in [0.05, 0.1) is 5.69 Å². The van der Waals surface area contributed by atoms with Gasteiger partial charge in [0, 0.05) is 17.5 Å². The molecule has 0 atom stereocenters. The number of pyridine rings is 1. The summed E-state index contributed by atoms with van der Waals surface area (Å²) < 4.78 is 5.44. The molecule has 0 radical (unpaired) electrons. The maximum absolute atomic E-state index is 6.33. The first kappa shape index (κ1) is 14.8. The van der Waals surface area contributed by atoms with E-state index in [1.165, 1.54) is 11.3 Å². The summed E-state index contributed by atoms with van der Waals surface area (Å²) in [5.74, 6) is 1.10. The first-order valence-corrected chi connectivity index (χ1v) is 8.46. The van der Waals surface area contributed by atoms with E-state index >= 15 is 0 Å². The van der Waals surface area contributed by atoms with Crippen molar-refractivity contribution in [3.8, 4) is 10.8 Å². The Balaban J connectivity index is 1.73. The topological polar surface area (TPSA) is 77.8 Å². The van der Waals surface area contributed by atoms with Gasteiger partial charge < -0.3 is 10.3 Å². The number of aryl methyl sites for hydroxylation is 2. The second-order valence-corrected chi connectivity index (χ2v) is 6.78. The Morgan fingerprint density at radius 1 is 1.12 bits per heavy atom. The zero-order valence-electron chi connectivity index (χ0n) is 13.4. The molecule has 0 bridgehead atoms. The Morgan fingerprint density at radius 2 is 1.92 bits per heavy atom. The van der Waals surface area contributed by atoms with Crippen LogP contribution in [0, 0.1) is 13.8 Å². The molecule has 24 heavy (non-hydrogen) atoms. The lowest BCUT2D eigenvalue weighted by atomic mass is 10.1. The van der Waals surface area contributed by atoms with E-state index < -0.39 is 0 Å². The number of benzene rings is 1. The second-order valence-electron chi connectivity index (χ2n) is 5.78. The van der Waals surface area contributed by atoms with Gasteiger partial charge in [0.2, 0.25) is 0 Å². The number of thiophene rings is 1. The van der Waals surface area contributed by atoms with Crippen LogP contribution in [0.1, 0.15) is 22.6 Å². The molecule has 0 amide bonds. The largest absolute Gasteiger partial charge is 0.397 e. The lowest BCUT2D eigenvalue weighted by molar-refractivity contribution is 0.425. The van der Waals surface area contributed by atoms with Gasteiger partial charge >= 0.3 is 0 Å². The third-order valence-corrected chi connectivity index (χ3v) is 4.98. The molecule has 0 spiro atoms. The van der Waals surface area contributed by atoms with Gasteiger partial charge in [-0.2, -0.15) is 4.98 Å². The zero-order valence-corrected chi connectivity index (χ0v) is 14.2. The SMILES string of the molecule is Cc1cc(C)c2c(N)c(-c3nc(Cc4ccccc4)no3)sc2n1. The van der Waals surface area contributed by atoms with Gasteiger partial charge in [0.1, 0.15) is 9.71 Å². The molecule has 0 unspecified atom stereocenters. The van der Waals surface area contributed by atoms with Crippen molar-refractivity contribution in [1.29, 1.82) is 0 Å². The Labute approximate surface area is 143 Å². The van der Waals surface area contributed by atoms with E-state index in [1.54, 1.807) is 0 Å². The van der Waals surface area contributed by atoms with Crippen molar-refractivity contribution in [2.75, 3.05) is 5.73 Å². The van der Waals surface area contributed by atoms with Crippen molar-refractivity contribution in [2.24, 2.45) is 0 Å². The standard InChI is InChI=1S/C18H16N4OS/c1-10-8-11(2)20-18-14(10)15(19)16(24-18)17-21-13(22-23-17)9-12-6-4-3-5-7-12/h3-8H,9,19H2,1-2H3. The molecule has 0 aliphatic heterocycles. The van der Waals surface area contributed by atoms with Gasteiger partial charge in [-0.25, -0.2) is 4.98 Å². The Morgan fingerprint density at radius 3 is 2.71 bits per heavy atom. The van der Waals surface area contributed by atoms with Crippen LogP contribution in [0.3, 0.4) is 0 Å². The molecule has 0 aliphatic carbocycles. The fraction of sp³-hybridized carbons (Fsp3) is 0.167. The predicted octanol–water partition coefficient (Wildman–Crippen LogP) is 4.14. The van der Waals surface area contributed by atoms with Crippen LogP contribution in [0.25, 0.3) is 21.0 Å². The van der Waals surface area contributed by atoms with Crippen LogP contribution in [0.15, 0.2) is 40.9 Å². The van der Waals surface area contributed by atoms with E-state index in [2.05, 4.69) is 15.1 Å². The summed E-state index contributed by atoms with van der Waals surface area (Å²) in [4.78, 5) is 10.8. The van der Waals surface area contributed by atoms with Crippen LogP contribution >= 0.6 is 11.3 Å². The number of anilines is 1. The van der Waals surface area contributed by atoms with Crippen molar-refractivity contribution in [2.45, 2.75) is 20.3 Å². The van der Waals surface area contributed by atoms with Crippen LogP contribution in [0.2, 0.25) is 0 Å². The Kier molecular flexibility index (Phi) is 3.54. The number of aromatic nitrogens is 3. The minimum absolute atomic E-state index is 0.457. The van der Waals surface area contributed by atoms with E-state index in [1.807, 2.05) is 50.2 Å². The van der Waals surface area contributed by atoms with Crippen LogP contribution in [0.5, 0.6) is 0 Å². The minimum atomic E-state index is 0.457. The maximum Gasteiger partial charge on any atom is 0.270 e. The Hall–Kier alpha value is -2.73. The van der Waals surface area contributed by atoms with E-state index in [9.17, 15) is 0 Å². The van der Waals surface area contributed by atoms with Crippen LogP contribution < -0.4 is 5.73 Å². The monoisotopic (exact) mass is 336 g/mol. The van der Waals surface area contributed by atoms with E-state index in [4.69, 9.17) is 10.3 Å². The fourth-order valence-corrected chi connectivity index (χ4v) is 3.96. The summed E-state index contributed by atoms with van der Waals surface area (Å²) in [7, 11) is 0. The molecule has 5 nitrogen and oxygen atoms in total. The van der Waals surface area contributed by atoms with Gasteiger partial charge in [-0.05, 0) is 31.0 Å². The van der Waals surface area contributed by atoms with Crippen LogP contribution in [0.4, 0.5) is 5.69 Å². The highest BCUT2D eigenvalue weighted by atomic mass is 32.1. The van der Waals surface area contributed by atoms with Crippen molar-refractivity contribution < 1.29 is 4.52 Å². The molecule has 2 N–H and O–H groups in total. The molecule has 3 heterocycles. The highest BCUT2D eigenvalue weighted by Crippen LogP contribution is 2.40. The van der Waals surface area contributed by atoms with Crippen molar-refractivity contribution in [3.05, 3.63) is 59.0 Å². The second kappa shape index (κ2) is 5.72. The normalized spacial score (nSPS) is 11.2. The smallest absolute Gasteiger partial charge is 0.270 e. The van der Waals surface area contributed by atoms with Gasteiger partial charge in [0.25, 0.3) is 5.89 Å². The van der Waals surface area contributed by atoms with Gasteiger partial charge in [0.15, 0.2) is 5.82 Å². The predicted molar refractivity (Wildman–Crippen MR) is 96.0 cm³/mol. The quantitative estimate of drug-likeness (QED) is 0.608. The number of hydrogen-bond donors (Lipinski definition) is 1. The molecule has 0 aliphatic rings. The molecule has 6 heteroatoms. The lowest BCUT2D eigenvalue weighted by Crippen LogP contribution is -1.91. The summed E-state index contributed by atoms with van der Waals surface area (Å²) >= 11 is 1.49. The van der Waals surface area contributed by atoms with E-state index in [0.717, 1.165) is 31.9 Å². The molecule has 3 aromatic heterocycles. The van der Waals surface area contributed by atoms with Gasteiger partial charge in [-0.3, -0.25) is 0 Å². The van der Waals surface area contributed by atoms with Crippen molar-refractivity contribution >= 4 is 27.2 Å². The molecular weight excluding hydrogens is 320 g/mol. The molecule has 4 aromatic rings. The van der Waals surface area contributed by atoms with Crippen LogP contribution in [-0.2, 0) is 6.42 Å². The third kappa shape index (κ3) is 2.55. The first-order valence-electron chi connectivity index (χ1n) is 7.65. The fourth-order valence-electron chi connectivity index (χ4n) is 2.82. The molecule has 0 saturated heterocycles. The number of nitrogens with zero attached hydrogens (tertiary/aromatic N) is 3. The molecule has 4 rings (SSSR count). The number of nitrogens with two attached hydrogens (primary N) is 1. The highest BCUT2D eigenvalue weighted by Gasteiger charge is 2.19. The number of nitrogen functional groups attached to an aromatic ring is 1. The van der Waals surface area contributed by atoms with Crippen molar-refractivity contribution in [3.63, 3.8) is 0 Å². The van der Waals surface area contributed by atoms with E-state index in [0.29, 0.717) is 23.8 Å². The van der Waals surface area contributed by atoms with Crippen molar-refractivity contribution in [1.82, 2.24) is 15.1 Å². The molecule has 1 aromatic carbocycles. The number of rotatable bonds is 3. The third-order valence-electron chi connectivity index (χ3n) is 3.89.